The van der Waals surface area contributed by atoms with Gasteiger partial charge in [0.2, 0.25) is 15.8 Å². The Bertz CT molecular complexity index is 1020. The van der Waals surface area contributed by atoms with Crippen LogP contribution in [0.5, 0.6) is 0 Å². The fraction of sp³-hybridized carbons (Fsp3) is 0.417. The third-order valence-electron chi connectivity index (χ3n) is 5.12. The maximum atomic E-state index is 12.6. The van der Waals surface area contributed by atoms with Gasteiger partial charge in [0.1, 0.15) is 0 Å². The number of Topliss-reactive ketones (excluding diaryl/α,β-unsaturated/α-hetero) is 1. The molecule has 6 nitrogen and oxygen atoms in total. The van der Waals surface area contributed by atoms with Crippen LogP contribution in [0.2, 0.25) is 0 Å². The monoisotopic (exact) mass is 445 g/mol. The van der Waals surface area contributed by atoms with E-state index in [9.17, 15) is 18.0 Å². The highest BCUT2D eigenvalue weighted by molar-refractivity contribution is 7.89. The van der Waals surface area contributed by atoms with Crippen LogP contribution in [0.15, 0.2) is 53.4 Å². The van der Waals surface area contributed by atoms with Crippen LogP contribution in [0.25, 0.3) is 0 Å². The summed E-state index contributed by atoms with van der Waals surface area (Å²) in [7, 11) is -3.60. The molecule has 7 heteroatoms. The molecule has 0 N–H and O–H groups in total. The van der Waals surface area contributed by atoms with Crippen LogP contribution in [-0.4, -0.2) is 43.7 Å². The predicted molar refractivity (Wildman–Crippen MR) is 121 cm³/mol. The standard InChI is InChI=1S/C24H31NO5S/c1-7-25(8-2)31(28,29)21-15-11-19(12-16-21)23(27)30-17(3)22(26)18-9-13-20(14-10-18)24(4,5)6/h9-17H,7-8H2,1-6H3. The molecule has 0 fully saturated rings. The van der Waals surface area contributed by atoms with Crippen molar-refractivity contribution in [3.63, 3.8) is 0 Å². The largest absolute Gasteiger partial charge is 0.451 e. The van der Waals surface area contributed by atoms with Gasteiger partial charge in [-0.15, -0.1) is 0 Å². The van der Waals surface area contributed by atoms with E-state index in [2.05, 4.69) is 20.8 Å². The van der Waals surface area contributed by atoms with E-state index in [0.717, 1.165) is 5.56 Å². The average Bonchev–Trinajstić information content (AvgIpc) is 2.73. The Balaban J connectivity index is 2.10. The smallest absolute Gasteiger partial charge is 0.338 e. The number of benzene rings is 2. The number of ketones is 1. The summed E-state index contributed by atoms with van der Waals surface area (Å²) in [4.78, 5) is 25.2. The van der Waals surface area contributed by atoms with Crippen LogP contribution in [0.3, 0.4) is 0 Å². The number of esters is 1. The van der Waals surface area contributed by atoms with E-state index < -0.39 is 22.1 Å². The van der Waals surface area contributed by atoms with E-state index in [1.54, 1.807) is 26.0 Å². The maximum absolute atomic E-state index is 12.6. The summed E-state index contributed by atoms with van der Waals surface area (Å²) in [5.74, 6) is -0.978. The van der Waals surface area contributed by atoms with E-state index in [4.69, 9.17) is 4.74 Å². The van der Waals surface area contributed by atoms with Crippen LogP contribution < -0.4 is 0 Å². The van der Waals surface area contributed by atoms with Crippen LogP contribution >= 0.6 is 0 Å². The molecule has 0 spiro atoms. The lowest BCUT2D eigenvalue weighted by molar-refractivity contribution is 0.0318. The molecule has 1 unspecified atom stereocenters. The van der Waals surface area contributed by atoms with E-state index >= 15 is 0 Å². The normalized spacial score (nSPS) is 13.1. The molecule has 0 saturated heterocycles. The number of carbonyl (C=O) groups is 2. The van der Waals surface area contributed by atoms with Crippen LogP contribution in [0.1, 0.15) is 67.8 Å². The van der Waals surface area contributed by atoms with Crippen LogP contribution in [0, 0.1) is 0 Å². The highest BCUT2D eigenvalue weighted by Gasteiger charge is 2.24. The van der Waals surface area contributed by atoms with Crippen LogP contribution in [0.4, 0.5) is 0 Å². The number of sulfonamides is 1. The third kappa shape index (κ3) is 5.80. The minimum absolute atomic E-state index is 0.0232. The van der Waals surface area contributed by atoms with Crippen molar-refractivity contribution in [1.29, 1.82) is 0 Å². The SMILES string of the molecule is CCN(CC)S(=O)(=O)c1ccc(C(=O)OC(C)C(=O)c2ccc(C(C)(C)C)cc2)cc1. The summed E-state index contributed by atoms with van der Waals surface area (Å²) in [5.41, 5.74) is 1.73. The number of hydrogen-bond acceptors (Lipinski definition) is 5. The molecule has 0 bridgehead atoms. The second-order valence-corrected chi connectivity index (χ2v) is 10.3. The minimum atomic E-state index is -3.60. The molecule has 0 aliphatic carbocycles. The first kappa shape index (κ1) is 24.8. The van der Waals surface area contributed by atoms with Gasteiger partial charge in [0.05, 0.1) is 10.5 Å². The van der Waals surface area contributed by atoms with Gasteiger partial charge >= 0.3 is 5.97 Å². The second-order valence-electron chi connectivity index (χ2n) is 8.35. The number of rotatable bonds is 8. The fourth-order valence-corrected chi connectivity index (χ4v) is 4.58. The van der Waals surface area contributed by atoms with Crippen molar-refractivity contribution in [2.24, 2.45) is 0 Å². The molecule has 0 radical (unpaired) electrons. The maximum Gasteiger partial charge on any atom is 0.338 e. The zero-order chi connectivity index (χ0) is 23.4. The van der Waals surface area contributed by atoms with Crippen molar-refractivity contribution < 1.29 is 22.7 Å². The number of hydrogen-bond donors (Lipinski definition) is 0. The predicted octanol–water partition coefficient (Wildman–Crippen LogP) is 4.44. The Morgan fingerprint density at radius 2 is 1.39 bits per heavy atom. The van der Waals surface area contributed by atoms with Gasteiger partial charge in [0, 0.05) is 18.7 Å². The summed E-state index contributed by atoms with van der Waals surface area (Å²) in [6.07, 6.45) is -0.966. The molecule has 0 heterocycles. The Morgan fingerprint density at radius 1 is 0.903 bits per heavy atom. The zero-order valence-corrected chi connectivity index (χ0v) is 19.8. The van der Waals surface area contributed by atoms with E-state index in [-0.39, 0.29) is 21.7 Å². The lowest BCUT2D eigenvalue weighted by Gasteiger charge is -2.19. The highest BCUT2D eigenvalue weighted by Crippen LogP contribution is 2.23. The van der Waals surface area contributed by atoms with Gasteiger partial charge in [-0.3, -0.25) is 4.79 Å². The Kier molecular flexibility index (Phi) is 7.78. The molecule has 0 saturated carbocycles. The fourth-order valence-electron chi connectivity index (χ4n) is 3.13. The molecule has 0 aliphatic heterocycles. The second kappa shape index (κ2) is 9.75. The average molecular weight is 446 g/mol. The summed E-state index contributed by atoms with van der Waals surface area (Å²) in [5, 5.41) is 0. The molecular weight excluding hydrogens is 414 g/mol. The topological polar surface area (TPSA) is 80.8 Å². The van der Waals surface area contributed by atoms with E-state index in [0.29, 0.717) is 18.7 Å². The lowest BCUT2D eigenvalue weighted by atomic mass is 9.86. The Hall–Kier alpha value is -2.51. The molecule has 0 amide bonds. The molecule has 31 heavy (non-hydrogen) atoms. The number of carbonyl (C=O) groups excluding carboxylic acids is 2. The van der Waals surface area contributed by atoms with Crippen molar-refractivity contribution >= 4 is 21.8 Å². The minimum Gasteiger partial charge on any atom is -0.451 e. The van der Waals surface area contributed by atoms with Gasteiger partial charge in [-0.05, 0) is 42.2 Å². The van der Waals surface area contributed by atoms with E-state index in [1.165, 1.54) is 35.5 Å². The number of ether oxygens (including phenoxy) is 1. The highest BCUT2D eigenvalue weighted by atomic mass is 32.2. The van der Waals surface area contributed by atoms with Crippen LogP contribution in [-0.2, 0) is 20.2 Å². The Morgan fingerprint density at radius 3 is 1.84 bits per heavy atom. The molecule has 1 atom stereocenters. The van der Waals surface area contributed by atoms with Gasteiger partial charge in [-0.1, -0.05) is 58.9 Å². The van der Waals surface area contributed by atoms with Crippen molar-refractivity contribution in [1.82, 2.24) is 4.31 Å². The van der Waals surface area contributed by atoms with Gasteiger partial charge in [-0.2, -0.15) is 4.31 Å². The molecular formula is C24H31NO5S. The Labute approximate surface area is 185 Å². The zero-order valence-electron chi connectivity index (χ0n) is 19.0. The molecule has 2 aromatic rings. The van der Waals surface area contributed by atoms with Crippen molar-refractivity contribution in [2.45, 2.75) is 58.0 Å². The molecule has 2 rings (SSSR count). The first-order valence-electron chi connectivity index (χ1n) is 10.4. The third-order valence-corrected chi connectivity index (χ3v) is 7.19. The van der Waals surface area contributed by atoms with Gasteiger partial charge < -0.3 is 4.74 Å². The van der Waals surface area contributed by atoms with Gasteiger partial charge in [-0.25, -0.2) is 13.2 Å². The first-order chi connectivity index (χ1) is 14.4. The van der Waals surface area contributed by atoms with Crippen molar-refractivity contribution in [3.8, 4) is 0 Å². The van der Waals surface area contributed by atoms with Gasteiger partial charge in [0.15, 0.2) is 6.10 Å². The molecule has 0 aliphatic rings. The van der Waals surface area contributed by atoms with E-state index in [1.807, 2.05) is 12.1 Å². The summed E-state index contributed by atoms with van der Waals surface area (Å²) in [6, 6.07) is 12.8. The molecule has 168 valence electrons. The summed E-state index contributed by atoms with van der Waals surface area (Å²) >= 11 is 0. The van der Waals surface area contributed by atoms with Gasteiger partial charge in [0.25, 0.3) is 0 Å². The van der Waals surface area contributed by atoms with Crippen molar-refractivity contribution in [3.05, 3.63) is 65.2 Å². The molecule has 0 aromatic heterocycles. The first-order valence-corrected chi connectivity index (χ1v) is 11.8. The number of nitrogens with zero attached hydrogens (tertiary/aromatic N) is 1. The quantitative estimate of drug-likeness (QED) is 0.443. The summed E-state index contributed by atoms with van der Waals surface area (Å²) in [6.45, 7) is 12.0. The van der Waals surface area contributed by atoms with Crippen molar-refractivity contribution in [2.75, 3.05) is 13.1 Å². The summed E-state index contributed by atoms with van der Waals surface area (Å²) < 4.78 is 31.8. The lowest BCUT2D eigenvalue weighted by Crippen LogP contribution is -2.30. The molecule has 2 aromatic carbocycles.